The Morgan fingerprint density at radius 3 is 2.77 bits per heavy atom. The van der Waals surface area contributed by atoms with Crippen molar-refractivity contribution in [2.24, 2.45) is 0 Å². The number of fused-ring (bicyclic) bond motifs is 2. The molecule has 0 bridgehead atoms. The monoisotopic (exact) mass is 618 g/mol. The zero-order chi connectivity index (χ0) is 31.4. The van der Waals surface area contributed by atoms with Gasteiger partial charge in [-0.05, 0) is 44.0 Å². The van der Waals surface area contributed by atoms with E-state index in [0.717, 1.165) is 25.1 Å². The largest absolute Gasteiger partial charge is 0.461 e. The Labute approximate surface area is 249 Å². The van der Waals surface area contributed by atoms with Crippen LogP contribution in [-0.2, 0) is 11.0 Å². The zero-order valence-electron chi connectivity index (χ0n) is 23.9. The first kappa shape index (κ1) is 29.9. The van der Waals surface area contributed by atoms with Gasteiger partial charge in [-0.15, -0.1) is 0 Å². The zero-order valence-corrected chi connectivity index (χ0v) is 23.9. The maximum atomic E-state index is 16.3. The van der Waals surface area contributed by atoms with E-state index in [1.807, 2.05) is 4.90 Å². The third-order valence-corrected chi connectivity index (χ3v) is 8.85. The average molecular weight is 619 g/mol. The molecule has 0 radical (unpaired) electrons. The van der Waals surface area contributed by atoms with Gasteiger partial charge >= 0.3 is 12.2 Å². The summed E-state index contributed by atoms with van der Waals surface area (Å²) >= 11 is 0. The van der Waals surface area contributed by atoms with Crippen LogP contribution in [0.4, 0.5) is 33.6 Å². The Balaban J connectivity index is 1.44. The normalized spacial score (nSPS) is 23.7. The number of amides is 1. The van der Waals surface area contributed by atoms with Crippen LogP contribution >= 0.6 is 0 Å². The number of nitrogens with two attached hydrogens (primary N) is 1. The smallest absolute Gasteiger partial charge is 0.418 e. The van der Waals surface area contributed by atoms with Gasteiger partial charge in [0.25, 0.3) is 0 Å². The maximum absolute atomic E-state index is 16.3. The standard InChI is InChI=1S/C29H31F5N8O2/c1-3-21(43)41-10-7-17(14-41)40(2)26-18-12-36-25(24-19(29(32,33)34)5-6-20(35)37-24)22(31)23(18)38-27(39-26)44-15-28-8-4-9-42(28)13-16(30)11-28/h3,5-6,12,16-17H,1,4,7-11,13-15H2,2H3,(H2,35,37)/t16-,17-,28+/m1/s1. The van der Waals surface area contributed by atoms with E-state index in [-0.39, 0.29) is 53.5 Å². The number of likely N-dealkylation sites (N-methyl/N-ethyl adjacent to an activating group) is 1. The van der Waals surface area contributed by atoms with Gasteiger partial charge in [0.15, 0.2) is 5.82 Å². The highest BCUT2D eigenvalue weighted by atomic mass is 19.4. The minimum Gasteiger partial charge on any atom is -0.461 e. The Hall–Kier alpha value is -4.14. The van der Waals surface area contributed by atoms with Crippen LogP contribution in [0.3, 0.4) is 0 Å². The molecule has 10 nitrogen and oxygen atoms in total. The van der Waals surface area contributed by atoms with Crippen molar-refractivity contribution in [3.63, 3.8) is 0 Å². The van der Waals surface area contributed by atoms with Crippen molar-refractivity contribution >= 4 is 28.4 Å². The van der Waals surface area contributed by atoms with Gasteiger partial charge in [-0.1, -0.05) is 6.58 Å². The molecule has 3 aromatic rings. The van der Waals surface area contributed by atoms with Crippen molar-refractivity contribution in [2.75, 3.05) is 50.5 Å². The van der Waals surface area contributed by atoms with E-state index in [1.54, 1.807) is 16.8 Å². The van der Waals surface area contributed by atoms with Crippen molar-refractivity contribution in [3.8, 4) is 17.4 Å². The second-order valence-corrected chi connectivity index (χ2v) is 11.5. The minimum atomic E-state index is -4.86. The lowest BCUT2D eigenvalue weighted by Gasteiger charge is -2.31. The number of carbonyl (C=O) groups excluding carboxylic acids is 1. The first-order valence-electron chi connectivity index (χ1n) is 14.3. The SMILES string of the molecule is C=CC(=O)N1CC[C@@H](N(C)c2nc(OC[C@@]34CCCN3C[C@H](F)C4)nc3c(F)c(-c4nc(N)ccc4C(F)(F)F)ncc23)C1. The van der Waals surface area contributed by atoms with Gasteiger partial charge < -0.3 is 20.3 Å². The van der Waals surface area contributed by atoms with Gasteiger partial charge in [-0.25, -0.2) is 13.8 Å². The number of aromatic nitrogens is 4. The summed E-state index contributed by atoms with van der Waals surface area (Å²) in [7, 11) is 1.72. The van der Waals surface area contributed by atoms with Gasteiger partial charge in [0.2, 0.25) is 5.91 Å². The average Bonchev–Trinajstić information content (AvgIpc) is 3.69. The van der Waals surface area contributed by atoms with Crippen molar-refractivity contribution in [1.29, 1.82) is 0 Å². The van der Waals surface area contributed by atoms with Crippen LogP contribution in [0.25, 0.3) is 22.3 Å². The number of nitrogen functional groups attached to an aromatic ring is 1. The predicted octanol–water partition coefficient (Wildman–Crippen LogP) is 4.01. The number of halogens is 5. The van der Waals surface area contributed by atoms with E-state index < -0.39 is 40.7 Å². The van der Waals surface area contributed by atoms with Crippen LogP contribution in [0.5, 0.6) is 6.01 Å². The molecule has 15 heteroatoms. The number of carbonyl (C=O) groups is 1. The summed E-state index contributed by atoms with van der Waals surface area (Å²) in [6, 6.07) is 1.25. The van der Waals surface area contributed by atoms with Gasteiger partial charge in [0.05, 0.1) is 16.5 Å². The number of hydrogen-bond acceptors (Lipinski definition) is 9. The molecule has 0 saturated carbocycles. The van der Waals surface area contributed by atoms with Crippen LogP contribution in [0.15, 0.2) is 31.0 Å². The maximum Gasteiger partial charge on any atom is 0.418 e. The van der Waals surface area contributed by atoms with Crippen molar-refractivity contribution < 1.29 is 31.5 Å². The summed E-state index contributed by atoms with van der Waals surface area (Å²) in [6.45, 7) is 5.43. The summed E-state index contributed by atoms with van der Waals surface area (Å²) in [6.07, 6.45) is -0.986. The number of hydrogen-bond donors (Lipinski definition) is 1. The van der Waals surface area contributed by atoms with Gasteiger partial charge in [-0.3, -0.25) is 14.7 Å². The molecule has 0 unspecified atom stereocenters. The van der Waals surface area contributed by atoms with Crippen LogP contribution in [0, 0.1) is 5.82 Å². The molecule has 0 aromatic carbocycles. The first-order valence-corrected chi connectivity index (χ1v) is 14.3. The molecule has 3 aliphatic heterocycles. The highest BCUT2D eigenvalue weighted by Crippen LogP contribution is 2.42. The lowest BCUT2D eigenvalue weighted by atomic mass is 9.95. The van der Waals surface area contributed by atoms with Crippen LogP contribution < -0.4 is 15.4 Å². The molecule has 3 saturated heterocycles. The molecule has 3 aromatic heterocycles. The molecule has 3 atom stereocenters. The molecule has 6 rings (SSSR count). The van der Waals surface area contributed by atoms with Gasteiger partial charge in [0.1, 0.15) is 41.3 Å². The number of nitrogens with zero attached hydrogens (tertiary/aromatic N) is 7. The topological polar surface area (TPSA) is 114 Å². The van der Waals surface area contributed by atoms with Crippen molar-refractivity contribution in [3.05, 3.63) is 42.4 Å². The number of rotatable bonds is 7. The van der Waals surface area contributed by atoms with Crippen molar-refractivity contribution in [1.82, 2.24) is 29.7 Å². The molecule has 3 aliphatic rings. The highest BCUT2D eigenvalue weighted by Gasteiger charge is 2.49. The Bertz CT molecular complexity index is 1620. The number of alkyl halides is 4. The van der Waals surface area contributed by atoms with E-state index in [9.17, 15) is 22.4 Å². The number of anilines is 2. The summed E-state index contributed by atoms with van der Waals surface area (Å²) in [5.74, 6) is -1.42. The molecule has 0 spiro atoms. The molecule has 44 heavy (non-hydrogen) atoms. The first-order chi connectivity index (χ1) is 20.9. The number of pyridine rings is 2. The quantitative estimate of drug-likeness (QED) is 0.310. The fourth-order valence-corrected chi connectivity index (χ4v) is 6.61. The molecule has 2 N–H and O–H groups in total. The lowest BCUT2D eigenvalue weighted by molar-refractivity contribution is -0.137. The molecule has 234 valence electrons. The summed E-state index contributed by atoms with van der Waals surface area (Å²) in [5, 5.41) is 0.123. The Morgan fingerprint density at radius 1 is 1.23 bits per heavy atom. The summed E-state index contributed by atoms with van der Waals surface area (Å²) in [4.78, 5) is 34.3. The van der Waals surface area contributed by atoms with Crippen LogP contribution in [0.1, 0.15) is 31.2 Å². The van der Waals surface area contributed by atoms with Gasteiger partial charge in [0, 0.05) is 45.3 Å². The summed E-state index contributed by atoms with van der Waals surface area (Å²) < 4.78 is 78.3. The molecular weight excluding hydrogens is 587 g/mol. The molecule has 6 heterocycles. The molecular formula is C29H31F5N8O2. The second kappa shape index (κ2) is 11.1. The van der Waals surface area contributed by atoms with E-state index in [4.69, 9.17) is 10.5 Å². The fraction of sp³-hybridized carbons (Fsp3) is 0.483. The second-order valence-electron chi connectivity index (χ2n) is 11.5. The van der Waals surface area contributed by atoms with Crippen molar-refractivity contribution in [2.45, 2.75) is 49.6 Å². The lowest BCUT2D eigenvalue weighted by Crippen LogP contribution is -2.43. The Morgan fingerprint density at radius 2 is 2.02 bits per heavy atom. The Kier molecular flexibility index (Phi) is 7.54. The summed E-state index contributed by atoms with van der Waals surface area (Å²) in [5.41, 5.74) is 2.14. The van der Waals surface area contributed by atoms with E-state index in [1.165, 1.54) is 12.3 Å². The third kappa shape index (κ3) is 5.26. The van der Waals surface area contributed by atoms with E-state index >= 15 is 4.39 Å². The molecule has 0 aliphatic carbocycles. The van der Waals surface area contributed by atoms with Crippen LogP contribution in [-0.4, -0.2) is 93.2 Å². The molecule has 3 fully saturated rings. The van der Waals surface area contributed by atoms with Crippen LogP contribution in [0.2, 0.25) is 0 Å². The molecule has 1 amide bonds. The number of ether oxygens (including phenoxy) is 1. The minimum absolute atomic E-state index is 0.0572. The van der Waals surface area contributed by atoms with Gasteiger partial charge in [-0.2, -0.15) is 23.1 Å². The highest BCUT2D eigenvalue weighted by molar-refractivity contribution is 5.92. The third-order valence-electron chi connectivity index (χ3n) is 8.85. The number of likely N-dealkylation sites (tertiary alicyclic amines) is 1. The van der Waals surface area contributed by atoms with E-state index in [0.29, 0.717) is 32.5 Å². The fourth-order valence-electron chi connectivity index (χ4n) is 6.61. The predicted molar refractivity (Wildman–Crippen MR) is 152 cm³/mol. The van der Waals surface area contributed by atoms with E-state index in [2.05, 4.69) is 26.5 Å².